The highest BCUT2D eigenvalue weighted by molar-refractivity contribution is 7.89. The minimum absolute atomic E-state index is 0.104. The van der Waals surface area contributed by atoms with Gasteiger partial charge in [-0.2, -0.15) is 4.31 Å². The number of hydrogen-bond acceptors (Lipinski definition) is 4. The molecule has 1 fully saturated rings. The number of sulfonamides is 1. The van der Waals surface area contributed by atoms with Gasteiger partial charge in [-0.05, 0) is 30.3 Å². The lowest BCUT2D eigenvalue weighted by atomic mass is 10.2. The van der Waals surface area contributed by atoms with Gasteiger partial charge in [0.1, 0.15) is 0 Å². The molecule has 1 aliphatic heterocycles. The number of benzene rings is 2. The number of nitrogens with zero attached hydrogens (tertiary/aromatic N) is 2. The van der Waals surface area contributed by atoms with Crippen LogP contribution >= 0.6 is 0 Å². The lowest BCUT2D eigenvalue weighted by Gasteiger charge is -2.35. The van der Waals surface area contributed by atoms with Gasteiger partial charge in [0, 0.05) is 37.4 Å². The SMILES string of the molecule is NC(=O)c1cccc(S(=O)(=O)N2CCN(c3ccccc3)CC2)c1. The van der Waals surface area contributed by atoms with E-state index in [1.807, 2.05) is 30.3 Å². The average Bonchev–Trinajstić information content (AvgIpc) is 2.62. The number of rotatable bonds is 4. The predicted molar refractivity (Wildman–Crippen MR) is 92.4 cm³/mol. The van der Waals surface area contributed by atoms with Gasteiger partial charge in [0.05, 0.1) is 4.90 Å². The van der Waals surface area contributed by atoms with Crippen molar-refractivity contribution in [2.45, 2.75) is 4.90 Å². The standard InChI is InChI=1S/C17H19N3O3S/c18-17(21)14-5-4-8-16(13-14)24(22,23)20-11-9-19(10-12-20)15-6-2-1-3-7-15/h1-8,13H,9-12H2,(H2,18,21). The molecule has 1 aliphatic rings. The summed E-state index contributed by atoms with van der Waals surface area (Å²) in [5.41, 5.74) is 6.51. The Balaban J connectivity index is 1.75. The fraction of sp³-hybridized carbons (Fsp3) is 0.235. The molecule has 7 heteroatoms. The fourth-order valence-electron chi connectivity index (χ4n) is 2.78. The number of piperazine rings is 1. The van der Waals surface area contributed by atoms with Gasteiger partial charge in [-0.15, -0.1) is 0 Å². The molecule has 0 radical (unpaired) electrons. The molecule has 2 aromatic carbocycles. The van der Waals surface area contributed by atoms with Gasteiger partial charge in [0.2, 0.25) is 15.9 Å². The molecular weight excluding hydrogens is 326 g/mol. The van der Waals surface area contributed by atoms with E-state index in [0.29, 0.717) is 26.2 Å². The first kappa shape index (κ1) is 16.5. The summed E-state index contributed by atoms with van der Waals surface area (Å²) in [5.74, 6) is -0.638. The van der Waals surface area contributed by atoms with E-state index < -0.39 is 15.9 Å². The van der Waals surface area contributed by atoms with Crippen LogP contribution in [-0.4, -0.2) is 44.8 Å². The van der Waals surface area contributed by atoms with Crippen LogP contribution in [0, 0.1) is 0 Å². The predicted octanol–water partition coefficient (Wildman–Crippen LogP) is 1.30. The van der Waals surface area contributed by atoms with Crippen LogP contribution in [0.5, 0.6) is 0 Å². The Labute approximate surface area is 141 Å². The van der Waals surface area contributed by atoms with E-state index in [4.69, 9.17) is 5.73 Å². The molecule has 6 nitrogen and oxygen atoms in total. The monoisotopic (exact) mass is 345 g/mol. The third-order valence-corrected chi connectivity index (χ3v) is 6.01. The quantitative estimate of drug-likeness (QED) is 0.905. The molecule has 126 valence electrons. The fourth-order valence-corrected chi connectivity index (χ4v) is 4.25. The zero-order valence-corrected chi connectivity index (χ0v) is 13.9. The molecule has 2 N–H and O–H groups in total. The van der Waals surface area contributed by atoms with Crippen LogP contribution in [0.1, 0.15) is 10.4 Å². The molecule has 0 saturated carbocycles. The maximum Gasteiger partial charge on any atom is 0.248 e. The maximum atomic E-state index is 12.8. The normalized spacial score (nSPS) is 16.1. The van der Waals surface area contributed by atoms with E-state index in [1.54, 1.807) is 0 Å². The van der Waals surface area contributed by atoms with Crippen LogP contribution in [0.2, 0.25) is 0 Å². The topological polar surface area (TPSA) is 83.7 Å². The number of carbonyl (C=O) groups is 1. The van der Waals surface area contributed by atoms with Gasteiger partial charge in [0.25, 0.3) is 0 Å². The maximum absolute atomic E-state index is 12.8. The summed E-state index contributed by atoms with van der Waals surface area (Å²) in [5, 5.41) is 0. The zero-order chi connectivity index (χ0) is 17.2. The van der Waals surface area contributed by atoms with E-state index in [1.165, 1.54) is 28.6 Å². The van der Waals surface area contributed by atoms with Crippen molar-refractivity contribution in [2.75, 3.05) is 31.1 Å². The second-order valence-electron chi connectivity index (χ2n) is 5.62. The molecule has 0 spiro atoms. The van der Waals surface area contributed by atoms with Crippen LogP contribution in [0.25, 0.3) is 0 Å². The van der Waals surface area contributed by atoms with Crippen molar-refractivity contribution in [3.8, 4) is 0 Å². The van der Waals surface area contributed by atoms with E-state index in [0.717, 1.165) is 5.69 Å². The summed E-state index contributed by atoms with van der Waals surface area (Å²) in [6, 6.07) is 15.8. The number of para-hydroxylation sites is 1. The largest absolute Gasteiger partial charge is 0.369 e. The van der Waals surface area contributed by atoms with Crippen molar-refractivity contribution >= 4 is 21.6 Å². The van der Waals surface area contributed by atoms with Crippen molar-refractivity contribution in [3.05, 3.63) is 60.2 Å². The Morgan fingerprint density at radius 3 is 2.21 bits per heavy atom. The third-order valence-electron chi connectivity index (χ3n) is 4.12. The van der Waals surface area contributed by atoms with Gasteiger partial charge < -0.3 is 10.6 Å². The lowest BCUT2D eigenvalue weighted by molar-refractivity contribution is 0.1000. The molecule has 3 rings (SSSR count). The minimum atomic E-state index is -3.62. The molecular formula is C17H19N3O3S. The smallest absolute Gasteiger partial charge is 0.248 e. The zero-order valence-electron chi connectivity index (χ0n) is 13.1. The Bertz CT molecular complexity index is 829. The highest BCUT2D eigenvalue weighted by Gasteiger charge is 2.28. The average molecular weight is 345 g/mol. The van der Waals surface area contributed by atoms with Crippen LogP contribution in [0.15, 0.2) is 59.5 Å². The molecule has 1 saturated heterocycles. The summed E-state index contributed by atoms with van der Waals surface area (Å²) >= 11 is 0. The second kappa shape index (κ2) is 6.62. The number of anilines is 1. The van der Waals surface area contributed by atoms with Crippen molar-refractivity contribution in [2.24, 2.45) is 5.73 Å². The molecule has 1 heterocycles. The minimum Gasteiger partial charge on any atom is -0.369 e. The number of primary amides is 1. The Kier molecular flexibility index (Phi) is 4.55. The van der Waals surface area contributed by atoms with Crippen molar-refractivity contribution in [3.63, 3.8) is 0 Å². The Morgan fingerprint density at radius 1 is 0.917 bits per heavy atom. The first-order valence-electron chi connectivity index (χ1n) is 7.68. The summed E-state index contributed by atoms with van der Waals surface area (Å²) in [7, 11) is -3.62. The van der Waals surface area contributed by atoms with Crippen LogP contribution in [0.4, 0.5) is 5.69 Å². The molecule has 0 aromatic heterocycles. The molecule has 0 bridgehead atoms. The van der Waals surface area contributed by atoms with Gasteiger partial charge in [-0.1, -0.05) is 24.3 Å². The summed E-state index contributed by atoms with van der Waals surface area (Å²) in [4.78, 5) is 13.5. The molecule has 24 heavy (non-hydrogen) atoms. The third kappa shape index (κ3) is 3.27. The van der Waals surface area contributed by atoms with E-state index >= 15 is 0 Å². The molecule has 2 aromatic rings. The number of carbonyl (C=O) groups excluding carboxylic acids is 1. The lowest BCUT2D eigenvalue weighted by Crippen LogP contribution is -2.48. The molecule has 0 atom stereocenters. The second-order valence-corrected chi connectivity index (χ2v) is 7.56. The highest BCUT2D eigenvalue weighted by Crippen LogP contribution is 2.21. The molecule has 0 aliphatic carbocycles. The van der Waals surface area contributed by atoms with Gasteiger partial charge in [-0.25, -0.2) is 8.42 Å². The van der Waals surface area contributed by atoms with Crippen LogP contribution < -0.4 is 10.6 Å². The summed E-state index contributed by atoms with van der Waals surface area (Å²) < 4.78 is 27.0. The van der Waals surface area contributed by atoms with Crippen LogP contribution in [0.3, 0.4) is 0 Å². The van der Waals surface area contributed by atoms with E-state index in [-0.39, 0.29) is 10.5 Å². The van der Waals surface area contributed by atoms with Gasteiger partial charge in [0.15, 0.2) is 0 Å². The van der Waals surface area contributed by atoms with Gasteiger partial charge >= 0.3 is 0 Å². The van der Waals surface area contributed by atoms with Crippen molar-refractivity contribution < 1.29 is 13.2 Å². The Morgan fingerprint density at radius 2 is 1.58 bits per heavy atom. The van der Waals surface area contributed by atoms with E-state index in [2.05, 4.69) is 4.90 Å². The molecule has 0 unspecified atom stereocenters. The van der Waals surface area contributed by atoms with Crippen molar-refractivity contribution in [1.29, 1.82) is 0 Å². The van der Waals surface area contributed by atoms with E-state index in [9.17, 15) is 13.2 Å². The van der Waals surface area contributed by atoms with Gasteiger partial charge in [-0.3, -0.25) is 4.79 Å². The summed E-state index contributed by atoms with van der Waals surface area (Å²) in [6.07, 6.45) is 0. The number of nitrogens with two attached hydrogens (primary N) is 1. The number of hydrogen-bond donors (Lipinski definition) is 1. The molecule has 1 amide bonds. The summed E-state index contributed by atoms with van der Waals surface area (Å²) in [6.45, 7) is 2.05. The first-order valence-corrected chi connectivity index (χ1v) is 9.12. The van der Waals surface area contributed by atoms with Crippen molar-refractivity contribution in [1.82, 2.24) is 4.31 Å². The highest BCUT2D eigenvalue weighted by atomic mass is 32.2. The Hall–Kier alpha value is -2.38. The van der Waals surface area contributed by atoms with Crippen LogP contribution in [-0.2, 0) is 10.0 Å². The number of amides is 1. The first-order chi connectivity index (χ1) is 11.5.